The maximum absolute atomic E-state index is 3.43. The van der Waals surface area contributed by atoms with Crippen molar-refractivity contribution in [3.63, 3.8) is 0 Å². The molecule has 0 bridgehead atoms. The molecule has 1 aliphatic carbocycles. The van der Waals surface area contributed by atoms with E-state index in [1.54, 1.807) is 0 Å². The topological polar surface area (TPSA) is 15.3 Å². The SMILES string of the molecule is C[C@H]1CNCCN1C1CCC1.Cl.Cl. The van der Waals surface area contributed by atoms with Gasteiger partial charge in [-0.2, -0.15) is 0 Å². The Balaban J connectivity index is 0.000000720. The summed E-state index contributed by atoms with van der Waals surface area (Å²) < 4.78 is 0. The molecule has 1 aliphatic heterocycles. The molecule has 0 spiro atoms. The Morgan fingerprint density at radius 3 is 2.38 bits per heavy atom. The molecular formula is C9H20Cl2N2. The van der Waals surface area contributed by atoms with Gasteiger partial charge in [-0.05, 0) is 19.8 Å². The number of piperazine rings is 1. The average Bonchev–Trinajstić information content (AvgIpc) is 1.90. The minimum Gasteiger partial charge on any atom is -0.314 e. The fourth-order valence-electron chi connectivity index (χ4n) is 2.12. The molecule has 4 heteroatoms. The Bertz CT molecular complexity index is 138. The molecule has 1 N–H and O–H groups in total. The van der Waals surface area contributed by atoms with Gasteiger partial charge in [0.1, 0.15) is 0 Å². The largest absolute Gasteiger partial charge is 0.314 e. The third-order valence-electron chi connectivity index (χ3n) is 3.10. The summed E-state index contributed by atoms with van der Waals surface area (Å²) in [4.78, 5) is 2.68. The van der Waals surface area contributed by atoms with Crippen LogP contribution in [-0.4, -0.2) is 36.6 Å². The first-order chi connectivity index (χ1) is 5.38. The van der Waals surface area contributed by atoms with Crippen LogP contribution >= 0.6 is 24.8 Å². The lowest BCUT2D eigenvalue weighted by Gasteiger charge is -2.44. The quantitative estimate of drug-likeness (QED) is 0.733. The lowest BCUT2D eigenvalue weighted by Crippen LogP contribution is -2.55. The Labute approximate surface area is 93.3 Å². The lowest BCUT2D eigenvalue weighted by atomic mass is 9.90. The van der Waals surface area contributed by atoms with E-state index < -0.39 is 0 Å². The monoisotopic (exact) mass is 226 g/mol. The van der Waals surface area contributed by atoms with Gasteiger partial charge in [0, 0.05) is 31.7 Å². The molecule has 2 nitrogen and oxygen atoms in total. The van der Waals surface area contributed by atoms with Crippen LogP contribution < -0.4 is 5.32 Å². The molecule has 0 aromatic rings. The van der Waals surface area contributed by atoms with Crippen molar-refractivity contribution in [1.82, 2.24) is 10.2 Å². The molecule has 2 rings (SSSR count). The van der Waals surface area contributed by atoms with Gasteiger partial charge in [0.15, 0.2) is 0 Å². The highest BCUT2D eigenvalue weighted by Gasteiger charge is 2.29. The zero-order valence-corrected chi connectivity index (χ0v) is 9.79. The van der Waals surface area contributed by atoms with Crippen molar-refractivity contribution in [2.45, 2.75) is 38.3 Å². The third-order valence-corrected chi connectivity index (χ3v) is 3.10. The van der Waals surface area contributed by atoms with E-state index in [9.17, 15) is 0 Å². The molecule has 0 radical (unpaired) electrons. The normalized spacial score (nSPS) is 29.8. The fourth-order valence-corrected chi connectivity index (χ4v) is 2.12. The van der Waals surface area contributed by atoms with Crippen molar-refractivity contribution in [3.8, 4) is 0 Å². The summed E-state index contributed by atoms with van der Waals surface area (Å²) in [6.07, 6.45) is 4.36. The summed E-state index contributed by atoms with van der Waals surface area (Å²) in [5.74, 6) is 0. The van der Waals surface area contributed by atoms with Gasteiger partial charge in [-0.15, -0.1) is 24.8 Å². The second-order valence-electron chi connectivity index (χ2n) is 3.88. The van der Waals surface area contributed by atoms with Gasteiger partial charge in [0.25, 0.3) is 0 Å². The molecule has 1 saturated carbocycles. The summed E-state index contributed by atoms with van der Waals surface area (Å²) in [6, 6.07) is 1.71. The molecule has 2 fully saturated rings. The first-order valence-electron chi connectivity index (χ1n) is 4.84. The third kappa shape index (κ3) is 2.98. The molecule has 1 saturated heterocycles. The Kier molecular flexibility index (Phi) is 6.31. The summed E-state index contributed by atoms with van der Waals surface area (Å²) in [5, 5.41) is 3.43. The minimum absolute atomic E-state index is 0. The predicted molar refractivity (Wildman–Crippen MR) is 61.2 cm³/mol. The molecular weight excluding hydrogens is 207 g/mol. The van der Waals surface area contributed by atoms with Gasteiger partial charge >= 0.3 is 0 Å². The van der Waals surface area contributed by atoms with Crippen molar-refractivity contribution in [2.24, 2.45) is 0 Å². The van der Waals surface area contributed by atoms with E-state index in [4.69, 9.17) is 0 Å². The van der Waals surface area contributed by atoms with Gasteiger partial charge in [-0.3, -0.25) is 4.90 Å². The number of nitrogens with one attached hydrogen (secondary N) is 1. The number of hydrogen-bond acceptors (Lipinski definition) is 2. The lowest BCUT2D eigenvalue weighted by molar-refractivity contribution is 0.0690. The van der Waals surface area contributed by atoms with E-state index in [2.05, 4.69) is 17.1 Å². The summed E-state index contributed by atoms with van der Waals surface area (Å²) >= 11 is 0. The van der Waals surface area contributed by atoms with E-state index in [1.807, 2.05) is 0 Å². The molecule has 0 unspecified atom stereocenters. The first-order valence-corrected chi connectivity index (χ1v) is 4.84. The minimum atomic E-state index is 0. The second kappa shape index (κ2) is 6.07. The van der Waals surface area contributed by atoms with Crippen LogP contribution in [0.3, 0.4) is 0 Å². The molecule has 0 aromatic carbocycles. The van der Waals surface area contributed by atoms with Crippen molar-refractivity contribution < 1.29 is 0 Å². The smallest absolute Gasteiger partial charge is 0.0195 e. The van der Waals surface area contributed by atoms with Crippen molar-refractivity contribution in [2.75, 3.05) is 19.6 Å². The van der Waals surface area contributed by atoms with Crippen LogP contribution in [0.4, 0.5) is 0 Å². The van der Waals surface area contributed by atoms with E-state index in [-0.39, 0.29) is 24.8 Å². The Morgan fingerprint density at radius 1 is 1.23 bits per heavy atom. The van der Waals surface area contributed by atoms with Crippen LogP contribution in [0.15, 0.2) is 0 Å². The van der Waals surface area contributed by atoms with Crippen LogP contribution in [-0.2, 0) is 0 Å². The number of hydrogen-bond donors (Lipinski definition) is 1. The van der Waals surface area contributed by atoms with Gasteiger partial charge in [0.05, 0.1) is 0 Å². The van der Waals surface area contributed by atoms with E-state index in [0.29, 0.717) is 0 Å². The molecule has 1 heterocycles. The van der Waals surface area contributed by atoms with E-state index in [0.717, 1.165) is 12.1 Å². The molecule has 80 valence electrons. The average molecular weight is 227 g/mol. The van der Waals surface area contributed by atoms with Crippen LogP contribution in [0.2, 0.25) is 0 Å². The fraction of sp³-hybridized carbons (Fsp3) is 1.00. The molecule has 0 amide bonds. The van der Waals surface area contributed by atoms with Crippen LogP contribution in [0, 0.1) is 0 Å². The Morgan fingerprint density at radius 2 is 1.92 bits per heavy atom. The molecule has 0 aromatic heterocycles. The van der Waals surface area contributed by atoms with Crippen molar-refractivity contribution in [1.29, 1.82) is 0 Å². The van der Waals surface area contributed by atoms with Crippen LogP contribution in [0.25, 0.3) is 0 Å². The van der Waals surface area contributed by atoms with Crippen molar-refractivity contribution in [3.05, 3.63) is 0 Å². The zero-order chi connectivity index (χ0) is 7.68. The summed E-state index contributed by atoms with van der Waals surface area (Å²) in [5.41, 5.74) is 0. The van der Waals surface area contributed by atoms with Gasteiger partial charge in [0.2, 0.25) is 0 Å². The number of rotatable bonds is 1. The molecule has 13 heavy (non-hydrogen) atoms. The standard InChI is InChI=1S/C9H18N2.2ClH/c1-8-7-10-5-6-11(8)9-3-2-4-9;;/h8-10H,2-7H2,1H3;2*1H/t8-;;/m0../s1. The predicted octanol–water partition coefficient (Wildman–Crippen LogP) is 1.68. The summed E-state index contributed by atoms with van der Waals surface area (Å²) in [6.45, 7) is 5.99. The maximum Gasteiger partial charge on any atom is 0.0195 e. The second-order valence-corrected chi connectivity index (χ2v) is 3.88. The van der Waals surface area contributed by atoms with Gasteiger partial charge in [-0.25, -0.2) is 0 Å². The van der Waals surface area contributed by atoms with Crippen LogP contribution in [0.5, 0.6) is 0 Å². The summed E-state index contributed by atoms with van der Waals surface area (Å²) in [7, 11) is 0. The highest BCUT2D eigenvalue weighted by molar-refractivity contribution is 5.85. The highest BCUT2D eigenvalue weighted by atomic mass is 35.5. The van der Waals surface area contributed by atoms with E-state index >= 15 is 0 Å². The Hall–Kier alpha value is 0.500. The molecule has 1 atom stereocenters. The van der Waals surface area contributed by atoms with Crippen LogP contribution in [0.1, 0.15) is 26.2 Å². The highest BCUT2D eigenvalue weighted by Crippen LogP contribution is 2.26. The first kappa shape index (κ1) is 13.5. The maximum atomic E-state index is 3.43. The number of halogens is 2. The van der Waals surface area contributed by atoms with Crippen molar-refractivity contribution >= 4 is 24.8 Å². The van der Waals surface area contributed by atoms with Gasteiger partial charge < -0.3 is 5.32 Å². The van der Waals surface area contributed by atoms with Gasteiger partial charge in [-0.1, -0.05) is 6.42 Å². The number of nitrogens with zero attached hydrogens (tertiary/aromatic N) is 1. The van der Waals surface area contributed by atoms with E-state index in [1.165, 1.54) is 38.9 Å². The zero-order valence-electron chi connectivity index (χ0n) is 8.16. The molecule has 2 aliphatic rings.